The van der Waals surface area contributed by atoms with E-state index < -0.39 is 24.1 Å². The summed E-state index contributed by atoms with van der Waals surface area (Å²) in [4.78, 5) is 10.6. The van der Waals surface area contributed by atoms with Crippen LogP contribution >= 0.6 is 11.8 Å². The highest BCUT2D eigenvalue weighted by Crippen LogP contribution is 2.38. The van der Waals surface area contributed by atoms with Crippen molar-refractivity contribution < 1.29 is 23.1 Å². The minimum Gasteiger partial charge on any atom is -0.480 e. The van der Waals surface area contributed by atoms with Crippen molar-refractivity contribution in [1.29, 1.82) is 0 Å². The summed E-state index contributed by atoms with van der Waals surface area (Å²) in [5.74, 6) is -1.83. The van der Waals surface area contributed by atoms with Crippen molar-refractivity contribution in [2.75, 3.05) is 11.5 Å². The highest BCUT2D eigenvalue weighted by molar-refractivity contribution is 7.99. The Labute approximate surface area is 151 Å². The SMILES string of the molecule is CCCCc1ccc(C(CCSCCC(N)C(=O)O)C(F)(F)F)cc1. The summed E-state index contributed by atoms with van der Waals surface area (Å²) < 4.78 is 40.0. The van der Waals surface area contributed by atoms with Crippen LogP contribution in [0, 0.1) is 0 Å². The van der Waals surface area contributed by atoms with Gasteiger partial charge >= 0.3 is 12.1 Å². The van der Waals surface area contributed by atoms with Crippen molar-refractivity contribution >= 4 is 17.7 Å². The second-order valence-corrected chi connectivity index (χ2v) is 7.30. The lowest BCUT2D eigenvalue weighted by atomic mass is 9.94. The van der Waals surface area contributed by atoms with Gasteiger partial charge in [0.05, 0.1) is 5.92 Å². The molecule has 2 atom stereocenters. The van der Waals surface area contributed by atoms with Crippen molar-refractivity contribution in [2.45, 2.75) is 57.2 Å². The number of aryl methyl sites for hydroxylation is 1. The average molecular weight is 377 g/mol. The van der Waals surface area contributed by atoms with Gasteiger partial charge in [-0.2, -0.15) is 24.9 Å². The summed E-state index contributed by atoms with van der Waals surface area (Å²) in [7, 11) is 0. The molecule has 1 aromatic rings. The maximum Gasteiger partial charge on any atom is 0.395 e. The number of halogens is 3. The van der Waals surface area contributed by atoms with Gasteiger partial charge in [-0.25, -0.2) is 0 Å². The van der Waals surface area contributed by atoms with Crippen LogP contribution in [0.25, 0.3) is 0 Å². The Hall–Kier alpha value is -1.21. The van der Waals surface area contributed by atoms with Crippen LogP contribution in [0.3, 0.4) is 0 Å². The van der Waals surface area contributed by atoms with E-state index in [0.717, 1.165) is 24.8 Å². The minimum atomic E-state index is -4.29. The number of thioether (sulfide) groups is 1. The number of rotatable bonds is 11. The first-order chi connectivity index (χ1) is 11.8. The summed E-state index contributed by atoms with van der Waals surface area (Å²) in [5.41, 5.74) is 6.72. The summed E-state index contributed by atoms with van der Waals surface area (Å²) in [5, 5.41) is 8.68. The molecule has 1 aromatic carbocycles. The van der Waals surface area contributed by atoms with E-state index in [-0.39, 0.29) is 18.4 Å². The molecule has 25 heavy (non-hydrogen) atoms. The predicted molar refractivity (Wildman–Crippen MR) is 96.0 cm³/mol. The molecule has 142 valence electrons. The van der Waals surface area contributed by atoms with Gasteiger partial charge < -0.3 is 10.8 Å². The number of benzene rings is 1. The van der Waals surface area contributed by atoms with Crippen LogP contribution in [-0.4, -0.2) is 34.8 Å². The number of carboxylic acids is 1. The zero-order valence-electron chi connectivity index (χ0n) is 14.4. The summed E-state index contributed by atoms with van der Waals surface area (Å²) in [6.07, 6.45) is -1.10. The molecule has 1 rings (SSSR count). The minimum absolute atomic E-state index is 0.0230. The van der Waals surface area contributed by atoms with Crippen LogP contribution in [0.2, 0.25) is 0 Å². The highest BCUT2D eigenvalue weighted by atomic mass is 32.2. The van der Waals surface area contributed by atoms with E-state index >= 15 is 0 Å². The topological polar surface area (TPSA) is 63.3 Å². The lowest BCUT2D eigenvalue weighted by Gasteiger charge is -2.21. The molecule has 2 unspecified atom stereocenters. The number of hydrogen-bond donors (Lipinski definition) is 2. The van der Waals surface area contributed by atoms with E-state index in [1.165, 1.54) is 11.8 Å². The number of aliphatic carboxylic acids is 1. The maximum atomic E-state index is 13.3. The quantitative estimate of drug-likeness (QED) is 0.553. The largest absolute Gasteiger partial charge is 0.480 e. The average Bonchev–Trinajstić information content (AvgIpc) is 2.55. The van der Waals surface area contributed by atoms with Gasteiger partial charge in [0.2, 0.25) is 0 Å². The molecule has 7 heteroatoms. The Morgan fingerprint density at radius 3 is 2.32 bits per heavy atom. The molecule has 0 radical (unpaired) electrons. The number of unbranched alkanes of at least 4 members (excludes halogenated alkanes) is 1. The second-order valence-electron chi connectivity index (χ2n) is 6.07. The van der Waals surface area contributed by atoms with Crippen LogP contribution in [0.1, 0.15) is 49.7 Å². The first-order valence-corrected chi connectivity index (χ1v) is 9.62. The van der Waals surface area contributed by atoms with Gasteiger partial charge in [-0.1, -0.05) is 37.6 Å². The van der Waals surface area contributed by atoms with Crippen molar-refractivity contribution in [2.24, 2.45) is 5.73 Å². The van der Waals surface area contributed by atoms with E-state index in [9.17, 15) is 18.0 Å². The smallest absolute Gasteiger partial charge is 0.395 e. The van der Waals surface area contributed by atoms with Gasteiger partial charge in [-0.15, -0.1) is 0 Å². The number of carboxylic acid groups (broad SMARTS) is 1. The van der Waals surface area contributed by atoms with Crippen LogP contribution in [0.4, 0.5) is 13.2 Å². The van der Waals surface area contributed by atoms with E-state index in [4.69, 9.17) is 10.8 Å². The zero-order chi connectivity index (χ0) is 18.9. The van der Waals surface area contributed by atoms with Gasteiger partial charge in [0.1, 0.15) is 6.04 Å². The first kappa shape index (κ1) is 21.8. The maximum absolute atomic E-state index is 13.3. The van der Waals surface area contributed by atoms with Gasteiger partial charge in [0.25, 0.3) is 0 Å². The third-order valence-electron chi connectivity index (χ3n) is 4.04. The first-order valence-electron chi connectivity index (χ1n) is 8.47. The van der Waals surface area contributed by atoms with Gasteiger partial charge in [0.15, 0.2) is 0 Å². The van der Waals surface area contributed by atoms with Crippen LogP contribution < -0.4 is 5.73 Å². The number of alkyl halides is 3. The Bertz CT molecular complexity index is 520. The molecule has 3 N–H and O–H groups in total. The lowest BCUT2D eigenvalue weighted by Crippen LogP contribution is -2.30. The molecular formula is C18H26F3NO2S. The van der Waals surface area contributed by atoms with Gasteiger partial charge in [-0.3, -0.25) is 4.79 Å². The number of nitrogens with two attached hydrogens (primary N) is 1. The second kappa shape index (κ2) is 10.7. The molecule has 0 amide bonds. The highest BCUT2D eigenvalue weighted by Gasteiger charge is 2.40. The van der Waals surface area contributed by atoms with Crippen LogP contribution in [-0.2, 0) is 11.2 Å². The summed E-state index contributed by atoms with van der Waals surface area (Å²) in [6.45, 7) is 2.08. The molecule has 0 heterocycles. The van der Waals surface area contributed by atoms with E-state index in [1.807, 2.05) is 0 Å². The van der Waals surface area contributed by atoms with Gasteiger partial charge in [-0.05, 0) is 48.3 Å². The molecule has 0 aliphatic heterocycles. The fraction of sp³-hybridized carbons (Fsp3) is 0.611. The molecule has 0 saturated heterocycles. The molecule has 0 saturated carbocycles. The fourth-order valence-corrected chi connectivity index (χ4v) is 3.48. The molecule has 0 aromatic heterocycles. The predicted octanol–water partition coefficient (Wildman–Crippen LogP) is 4.60. The van der Waals surface area contributed by atoms with Crippen LogP contribution in [0.15, 0.2) is 24.3 Å². The number of hydrogen-bond acceptors (Lipinski definition) is 3. The fourth-order valence-electron chi connectivity index (χ4n) is 2.45. The Morgan fingerprint density at radius 1 is 1.20 bits per heavy atom. The third-order valence-corrected chi connectivity index (χ3v) is 5.09. The van der Waals surface area contributed by atoms with Crippen molar-refractivity contribution in [3.8, 4) is 0 Å². The monoisotopic (exact) mass is 377 g/mol. The molecule has 0 bridgehead atoms. The van der Waals surface area contributed by atoms with E-state index in [0.29, 0.717) is 11.5 Å². The summed E-state index contributed by atoms with van der Waals surface area (Å²) in [6, 6.07) is 5.76. The van der Waals surface area contributed by atoms with Crippen molar-refractivity contribution in [3.05, 3.63) is 35.4 Å². The molecule has 0 fully saturated rings. The lowest BCUT2D eigenvalue weighted by molar-refractivity contribution is -0.150. The third kappa shape index (κ3) is 8.14. The Kier molecular flexibility index (Phi) is 9.35. The van der Waals surface area contributed by atoms with Crippen molar-refractivity contribution in [1.82, 2.24) is 0 Å². The van der Waals surface area contributed by atoms with Gasteiger partial charge in [0, 0.05) is 0 Å². The van der Waals surface area contributed by atoms with E-state index in [2.05, 4.69) is 6.92 Å². The molecule has 0 aliphatic rings. The normalized spacial score (nSPS) is 14.3. The van der Waals surface area contributed by atoms with E-state index in [1.54, 1.807) is 24.3 Å². The Morgan fingerprint density at radius 2 is 1.80 bits per heavy atom. The summed E-state index contributed by atoms with van der Waals surface area (Å²) >= 11 is 1.31. The standard InChI is InChI=1S/C18H26F3NO2S/c1-2-3-4-13-5-7-14(8-6-13)15(18(19,20)21)9-11-25-12-10-16(22)17(23)24/h5-8,15-16H,2-4,9-12,22H2,1H3,(H,23,24). The van der Waals surface area contributed by atoms with Crippen molar-refractivity contribution in [3.63, 3.8) is 0 Å². The van der Waals surface area contributed by atoms with Crippen LogP contribution in [0.5, 0.6) is 0 Å². The Balaban J connectivity index is 2.56. The molecule has 0 spiro atoms. The number of carbonyl (C=O) groups is 1. The molecule has 0 aliphatic carbocycles. The molecule has 3 nitrogen and oxygen atoms in total. The zero-order valence-corrected chi connectivity index (χ0v) is 15.2. The molecular weight excluding hydrogens is 351 g/mol.